The molecule has 1 N–H and O–H groups in total. The van der Waals surface area contributed by atoms with E-state index in [1.165, 1.54) is 10.4 Å². The molecule has 2 aromatic rings. The smallest absolute Gasteiger partial charge is 0.122 e. The highest BCUT2D eigenvalue weighted by atomic mass is 32.1. The first kappa shape index (κ1) is 23.6. The van der Waals surface area contributed by atoms with Gasteiger partial charge < -0.3 is 9.84 Å². The summed E-state index contributed by atoms with van der Waals surface area (Å²) in [4.78, 5) is 13.1. The summed E-state index contributed by atoms with van der Waals surface area (Å²) in [5.41, 5.74) is 3.17. The van der Waals surface area contributed by atoms with E-state index < -0.39 is 6.10 Å². The van der Waals surface area contributed by atoms with Crippen molar-refractivity contribution < 1.29 is 9.84 Å². The minimum absolute atomic E-state index is 0.0925. The maximum Gasteiger partial charge on any atom is 0.122 e. The zero-order chi connectivity index (χ0) is 21.8. The van der Waals surface area contributed by atoms with Crippen molar-refractivity contribution in [2.24, 2.45) is 10.6 Å². The lowest BCUT2D eigenvalue weighted by Crippen LogP contribution is -2.32. The maximum absolute atomic E-state index is 10.8. The Morgan fingerprint density at radius 1 is 1.10 bits per heavy atom. The van der Waals surface area contributed by atoms with E-state index in [-0.39, 0.29) is 24.0 Å². The fourth-order valence-electron chi connectivity index (χ4n) is 3.65. The van der Waals surface area contributed by atoms with Crippen LogP contribution in [0.5, 0.6) is 5.75 Å². The van der Waals surface area contributed by atoms with E-state index in [1.54, 1.807) is 11.3 Å². The molecule has 4 nitrogen and oxygen atoms in total. The van der Waals surface area contributed by atoms with Crippen LogP contribution in [-0.4, -0.2) is 17.8 Å². The zero-order valence-corrected chi connectivity index (χ0v) is 19.7. The van der Waals surface area contributed by atoms with Crippen LogP contribution in [0.2, 0.25) is 0 Å². The Hall–Kier alpha value is -1.72. The van der Waals surface area contributed by atoms with Crippen molar-refractivity contribution in [3.05, 3.63) is 55.6 Å². The van der Waals surface area contributed by atoms with Gasteiger partial charge in [0.25, 0.3) is 0 Å². The molecule has 0 amide bonds. The first-order valence-corrected chi connectivity index (χ1v) is 11.2. The van der Waals surface area contributed by atoms with Crippen LogP contribution in [0.15, 0.2) is 29.4 Å². The van der Waals surface area contributed by atoms with Crippen LogP contribution in [0.25, 0.3) is 0 Å². The Morgan fingerprint density at radius 2 is 1.76 bits per heavy atom. The van der Waals surface area contributed by atoms with Crippen molar-refractivity contribution in [3.8, 4) is 5.75 Å². The Balaban J connectivity index is 2.35. The number of nitroso groups, excluding NO2 is 1. The quantitative estimate of drug-likeness (QED) is 0.472. The Bertz CT molecular complexity index is 831. The monoisotopic (exact) mass is 417 g/mol. The third-order valence-corrected chi connectivity index (χ3v) is 7.46. The van der Waals surface area contributed by atoms with Gasteiger partial charge in [0.15, 0.2) is 0 Å². The number of aliphatic hydroxyl groups is 1. The molecule has 1 aromatic carbocycles. The van der Waals surface area contributed by atoms with Gasteiger partial charge >= 0.3 is 0 Å². The van der Waals surface area contributed by atoms with Crippen molar-refractivity contribution in [2.45, 2.75) is 79.4 Å². The minimum Gasteiger partial charge on any atom is -0.491 e. The van der Waals surface area contributed by atoms with Gasteiger partial charge in [-0.3, -0.25) is 0 Å². The summed E-state index contributed by atoms with van der Waals surface area (Å²) in [6, 6.07) is 8.59. The van der Waals surface area contributed by atoms with Crippen LogP contribution in [0, 0.1) is 24.2 Å². The van der Waals surface area contributed by atoms with Gasteiger partial charge in [-0.1, -0.05) is 51.9 Å². The fraction of sp³-hybridized carbons (Fsp3) is 0.583. The molecule has 160 valence electrons. The highest BCUT2D eigenvalue weighted by Gasteiger charge is 2.33. The van der Waals surface area contributed by atoms with E-state index in [2.05, 4.69) is 51.1 Å². The van der Waals surface area contributed by atoms with E-state index in [9.17, 15) is 10.0 Å². The van der Waals surface area contributed by atoms with Crippen LogP contribution < -0.4 is 4.74 Å². The molecular formula is C24H35NO3S. The number of thiophene rings is 1. The molecule has 1 unspecified atom stereocenters. The molecule has 0 spiro atoms. The molecular weight excluding hydrogens is 382 g/mol. The molecule has 1 heterocycles. The lowest BCUT2D eigenvalue weighted by Gasteiger charge is -2.32. The molecule has 0 saturated carbocycles. The van der Waals surface area contributed by atoms with Crippen LogP contribution in [0.1, 0.15) is 73.9 Å². The number of aryl methyl sites for hydroxylation is 2. The standard InChI is InChI=1S/C24H35NO3S/c1-8-24(9-2,22-13-17(4)20(29-22)14-25-27)18-10-11-19(16(3)12-18)28-15-21(26)23(5,6)7/h10-13,21,26H,8-9,14-15H2,1-7H3. The van der Waals surface area contributed by atoms with Crippen molar-refractivity contribution in [3.63, 3.8) is 0 Å². The lowest BCUT2D eigenvalue weighted by atomic mass is 9.74. The van der Waals surface area contributed by atoms with Gasteiger partial charge in [0, 0.05) is 15.2 Å². The van der Waals surface area contributed by atoms with E-state index in [1.807, 2.05) is 26.8 Å². The summed E-state index contributed by atoms with van der Waals surface area (Å²) in [5.74, 6) is 0.811. The third kappa shape index (κ3) is 5.07. The normalized spacial score (nSPS) is 13.4. The van der Waals surface area contributed by atoms with Gasteiger partial charge in [0.2, 0.25) is 0 Å². The maximum atomic E-state index is 10.8. The lowest BCUT2D eigenvalue weighted by molar-refractivity contribution is 0.0216. The van der Waals surface area contributed by atoms with Crippen LogP contribution in [-0.2, 0) is 12.0 Å². The average Bonchev–Trinajstić information content (AvgIpc) is 3.02. The second-order valence-corrected chi connectivity index (χ2v) is 10.1. The number of rotatable bonds is 9. The van der Waals surface area contributed by atoms with Gasteiger partial charge in [0.05, 0.1) is 6.10 Å². The summed E-state index contributed by atoms with van der Waals surface area (Å²) in [5, 5.41) is 13.4. The van der Waals surface area contributed by atoms with Gasteiger partial charge in [-0.2, -0.15) is 4.91 Å². The topological polar surface area (TPSA) is 58.9 Å². The number of aliphatic hydroxyl groups excluding tert-OH is 1. The van der Waals surface area contributed by atoms with E-state index in [4.69, 9.17) is 4.74 Å². The predicted octanol–water partition coefficient (Wildman–Crippen LogP) is 6.52. The van der Waals surface area contributed by atoms with Gasteiger partial charge in [-0.05, 0) is 60.9 Å². The highest BCUT2D eigenvalue weighted by molar-refractivity contribution is 7.12. The van der Waals surface area contributed by atoms with Crippen molar-refractivity contribution in [1.82, 2.24) is 0 Å². The van der Waals surface area contributed by atoms with Crippen molar-refractivity contribution in [2.75, 3.05) is 6.61 Å². The van der Waals surface area contributed by atoms with E-state index in [0.717, 1.165) is 34.6 Å². The molecule has 29 heavy (non-hydrogen) atoms. The molecule has 0 fully saturated rings. The number of nitrogens with zero attached hydrogens (tertiary/aromatic N) is 1. The van der Waals surface area contributed by atoms with Crippen LogP contribution in [0.3, 0.4) is 0 Å². The minimum atomic E-state index is -0.522. The van der Waals surface area contributed by atoms with Crippen LogP contribution in [0.4, 0.5) is 0 Å². The Morgan fingerprint density at radius 3 is 2.28 bits per heavy atom. The molecule has 5 heteroatoms. The predicted molar refractivity (Wildman–Crippen MR) is 122 cm³/mol. The van der Waals surface area contributed by atoms with Crippen molar-refractivity contribution in [1.29, 1.82) is 0 Å². The molecule has 0 aliphatic heterocycles. The summed E-state index contributed by atoms with van der Waals surface area (Å²) in [6.45, 7) is 15.1. The van der Waals surface area contributed by atoms with Crippen LogP contribution >= 0.6 is 11.3 Å². The first-order chi connectivity index (χ1) is 13.6. The van der Waals surface area contributed by atoms with E-state index in [0.29, 0.717) is 0 Å². The molecule has 1 aromatic heterocycles. The Kier molecular flexibility index (Phi) is 7.63. The fourth-order valence-corrected chi connectivity index (χ4v) is 5.09. The molecule has 0 saturated heterocycles. The summed E-state index contributed by atoms with van der Waals surface area (Å²) >= 11 is 1.70. The third-order valence-electron chi connectivity index (χ3n) is 6.03. The van der Waals surface area contributed by atoms with Gasteiger partial charge in [0.1, 0.15) is 18.9 Å². The summed E-state index contributed by atoms with van der Waals surface area (Å²) in [6.07, 6.45) is 1.42. The molecule has 0 radical (unpaired) electrons. The van der Waals surface area contributed by atoms with E-state index >= 15 is 0 Å². The SMILES string of the molecule is CCC(CC)(c1ccc(OCC(O)C(C)(C)C)c(C)c1)c1cc(C)c(CN=O)s1. The molecule has 0 bridgehead atoms. The second kappa shape index (κ2) is 9.40. The number of benzene rings is 1. The highest BCUT2D eigenvalue weighted by Crippen LogP contribution is 2.44. The Labute approximate surface area is 179 Å². The first-order valence-electron chi connectivity index (χ1n) is 10.4. The number of ether oxygens (including phenoxy) is 1. The largest absolute Gasteiger partial charge is 0.491 e. The van der Waals surface area contributed by atoms with Gasteiger partial charge in [-0.25, -0.2) is 0 Å². The number of hydrogen-bond acceptors (Lipinski definition) is 5. The van der Waals surface area contributed by atoms with Gasteiger partial charge in [-0.15, -0.1) is 11.3 Å². The zero-order valence-electron chi connectivity index (χ0n) is 18.8. The molecule has 0 aliphatic carbocycles. The average molecular weight is 418 g/mol. The molecule has 0 aliphatic rings. The second-order valence-electron chi connectivity index (χ2n) is 8.97. The number of hydrogen-bond donors (Lipinski definition) is 1. The summed E-state index contributed by atoms with van der Waals surface area (Å²) in [7, 11) is 0. The molecule has 1 atom stereocenters. The summed E-state index contributed by atoms with van der Waals surface area (Å²) < 4.78 is 5.93. The van der Waals surface area contributed by atoms with Crippen molar-refractivity contribution >= 4 is 11.3 Å². The molecule has 2 rings (SSSR count).